The lowest BCUT2D eigenvalue weighted by Crippen LogP contribution is -2.25. The largest absolute Gasteiger partial charge is 0.349 e. The zero-order chi connectivity index (χ0) is 23.4. The molecule has 0 saturated heterocycles. The van der Waals surface area contributed by atoms with Crippen LogP contribution in [-0.4, -0.2) is 16.9 Å². The minimum atomic E-state index is -0.437. The Bertz CT molecular complexity index is 1150. The van der Waals surface area contributed by atoms with Crippen molar-refractivity contribution in [3.8, 4) is 11.3 Å². The van der Waals surface area contributed by atoms with Gasteiger partial charge in [0.2, 0.25) is 0 Å². The first-order chi connectivity index (χ1) is 15.3. The van der Waals surface area contributed by atoms with Crippen molar-refractivity contribution in [2.24, 2.45) is 0 Å². The molecule has 0 atom stereocenters. The Hall–Kier alpha value is -3.34. The van der Waals surface area contributed by atoms with Crippen LogP contribution in [0.4, 0.5) is 8.78 Å². The van der Waals surface area contributed by atoms with E-state index in [1.54, 1.807) is 31.2 Å². The van der Waals surface area contributed by atoms with Crippen molar-refractivity contribution < 1.29 is 13.6 Å². The number of hydrogen-bond acceptors (Lipinski definition) is 2. The fourth-order valence-electron chi connectivity index (χ4n) is 3.41. The molecule has 1 aliphatic carbocycles. The van der Waals surface area contributed by atoms with E-state index in [1.165, 1.54) is 18.2 Å². The molecule has 2 aromatic carbocycles. The summed E-state index contributed by atoms with van der Waals surface area (Å²) in [6.07, 6.45) is 1.93. The topological polar surface area (TPSA) is 42.0 Å². The molecule has 1 heterocycles. The van der Waals surface area contributed by atoms with E-state index < -0.39 is 5.82 Å². The van der Waals surface area contributed by atoms with E-state index in [0.29, 0.717) is 22.4 Å². The molecule has 0 unspecified atom stereocenters. The Morgan fingerprint density at radius 3 is 2.25 bits per heavy atom. The van der Waals surface area contributed by atoms with Crippen LogP contribution in [0.25, 0.3) is 16.8 Å². The molecule has 166 valence electrons. The maximum absolute atomic E-state index is 14.5. The van der Waals surface area contributed by atoms with E-state index in [2.05, 4.69) is 16.9 Å². The van der Waals surface area contributed by atoms with E-state index in [9.17, 15) is 13.6 Å². The predicted molar refractivity (Wildman–Crippen MR) is 125 cm³/mol. The van der Waals surface area contributed by atoms with Gasteiger partial charge in [-0.15, -0.1) is 0 Å². The maximum atomic E-state index is 14.5. The second-order valence-electron chi connectivity index (χ2n) is 7.69. The van der Waals surface area contributed by atoms with Gasteiger partial charge >= 0.3 is 0 Å². The van der Waals surface area contributed by atoms with Gasteiger partial charge in [-0.2, -0.15) is 0 Å². The smallest absolute Gasteiger partial charge is 0.251 e. The Morgan fingerprint density at radius 1 is 1.00 bits per heavy atom. The third kappa shape index (κ3) is 5.10. The third-order valence-electron chi connectivity index (χ3n) is 5.40. The summed E-state index contributed by atoms with van der Waals surface area (Å²) in [4.78, 5) is 17.0. The Labute approximate surface area is 188 Å². The monoisotopic (exact) mass is 434 g/mol. The molecule has 1 amide bonds. The molecule has 32 heavy (non-hydrogen) atoms. The number of halogens is 2. The lowest BCUT2D eigenvalue weighted by atomic mass is 9.96. The van der Waals surface area contributed by atoms with Gasteiger partial charge in [0.1, 0.15) is 11.6 Å². The fraction of sp³-hybridized carbons (Fsp3) is 0.259. The summed E-state index contributed by atoms with van der Waals surface area (Å²) >= 11 is 0. The SMILES string of the molecule is C=C(c1ccc(F)cc1)c1ccc(-c2cc(C(=O)NC3CC3)cc(F)c2C)nc1C.CC. The minimum absolute atomic E-state index is 0.197. The van der Waals surface area contributed by atoms with Gasteiger partial charge in [-0.05, 0) is 73.7 Å². The molecule has 1 aromatic heterocycles. The summed E-state index contributed by atoms with van der Waals surface area (Å²) in [5, 5.41) is 2.89. The van der Waals surface area contributed by atoms with E-state index in [1.807, 2.05) is 26.8 Å². The van der Waals surface area contributed by atoms with Crippen molar-refractivity contribution in [1.29, 1.82) is 0 Å². The second kappa shape index (κ2) is 9.86. The standard InChI is InChI=1S/C25H22F2N2O.C2H6/c1-14(17-4-6-19(26)7-5-17)21-10-11-24(28-16(21)3)22-12-18(13-23(27)15(22)2)25(30)29-20-8-9-20;1-2/h4-7,10-13,20H,1,8-9H2,2-3H3,(H,29,30);1-2H3. The van der Waals surface area contributed by atoms with E-state index in [4.69, 9.17) is 0 Å². The highest BCUT2D eigenvalue weighted by Crippen LogP contribution is 2.30. The van der Waals surface area contributed by atoms with Gasteiger partial charge in [0, 0.05) is 28.4 Å². The van der Waals surface area contributed by atoms with Crippen LogP contribution >= 0.6 is 0 Å². The predicted octanol–water partition coefficient (Wildman–Crippen LogP) is 6.62. The van der Waals surface area contributed by atoms with Gasteiger partial charge in [0.25, 0.3) is 5.91 Å². The second-order valence-corrected chi connectivity index (χ2v) is 7.69. The number of carbonyl (C=O) groups excluding carboxylic acids is 1. The lowest BCUT2D eigenvalue weighted by Gasteiger charge is -2.14. The number of hydrogen-bond donors (Lipinski definition) is 1. The zero-order valence-electron chi connectivity index (χ0n) is 18.9. The van der Waals surface area contributed by atoms with Crippen molar-refractivity contribution in [3.63, 3.8) is 0 Å². The van der Waals surface area contributed by atoms with Gasteiger partial charge in [0.15, 0.2) is 0 Å². The number of nitrogens with zero attached hydrogens (tertiary/aromatic N) is 1. The quantitative estimate of drug-likeness (QED) is 0.490. The third-order valence-corrected chi connectivity index (χ3v) is 5.40. The summed E-state index contributed by atoms with van der Waals surface area (Å²) in [6.45, 7) is 11.6. The van der Waals surface area contributed by atoms with Crippen LogP contribution in [0.3, 0.4) is 0 Å². The van der Waals surface area contributed by atoms with Crippen molar-refractivity contribution >= 4 is 11.5 Å². The number of benzene rings is 2. The van der Waals surface area contributed by atoms with Crippen LogP contribution in [0.2, 0.25) is 0 Å². The molecule has 1 saturated carbocycles. The first-order valence-corrected chi connectivity index (χ1v) is 10.9. The fourth-order valence-corrected chi connectivity index (χ4v) is 3.41. The molecule has 3 aromatic rings. The molecule has 0 spiro atoms. The van der Waals surface area contributed by atoms with E-state index in [-0.39, 0.29) is 17.8 Å². The lowest BCUT2D eigenvalue weighted by molar-refractivity contribution is 0.0950. The van der Waals surface area contributed by atoms with Crippen LogP contribution in [0, 0.1) is 25.5 Å². The Balaban J connectivity index is 0.00000141. The van der Waals surface area contributed by atoms with Gasteiger partial charge in [0.05, 0.1) is 5.69 Å². The van der Waals surface area contributed by atoms with E-state index >= 15 is 0 Å². The Kier molecular flexibility index (Phi) is 7.18. The molecule has 3 nitrogen and oxygen atoms in total. The number of pyridine rings is 1. The van der Waals surface area contributed by atoms with Crippen molar-refractivity contribution in [1.82, 2.24) is 10.3 Å². The number of rotatable bonds is 5. The molecule has 0 radical (unpaired) electrons. The van der Waals surface area contributed by atoms with Crippen molar-refractivity contribution in [2.75, 3.05) is 0 Å². The van der Waals surface area contributed by atoms with Gasteiger partial charge in [-0.25, -0.2) is 8.78 Å². The number of nitrogens with one attached hydrogen (secondary N) is 1. The van der Waals surface area contributed by atoms with Crippen LogP contribution in [-0.2, 0) is 0 Å². The van der Waals surface area contributed by atoms with Gasteiger partial charge < -0.3 is 5.32 Å². The summed E-state index contributed by atoms with van der Waals surface area (Å²) in [5.74, 6) is -1.01. The summed E-state index contributed by atoms with van der Waals surface area (Å²) < 4.78 is 27.8. The zero-order valence-corrected chi connectivity index (χ0v) is 18.9. The average molecular weight is 435 g/mol. The minimum Gasteiger partial charge on any atom is -0.349 e. The molecule has 1 aliphatic rings. The highest BCUT2D eigenvalue weighted by molar-refractivity contribution is 5.96. The van der Waals surface area contributed by atoms with Crippen LogP contribution in [0.1, 0.15) is 59.4 Å². The van der Waals surface area contributed by atoms with Crippen LogP contribution < -0.4 is 5.32 Å². The van der Waals surface area contributed by atoms with Gasteiger partial charge in [-0.3, -0.25) is 9.78 Å². The van der Waals surface area contributed by atoms with Crippen molar-refractivity contribution in [3.05, 3.63) is 94.7 Å². The number of aromatic nitrogens is 1. The average Bonchev–Trinajstić information content (AvgIpc) is 3.61. The number of carbonyl (C=O) groups is 1. The first kappa shape index (κ1) is 23.3. The molecule has 0 bridgehead atoms. The maximum Gasteiger partial charge on any atom is 0.251 e. The van der Waals surface area contributed by atoms with Crippen molar-refractivity contribution in [2.45, 2.75) is 46.6 Å². The molecule has 1 fully saturated rings. The number of aryl methyl sites for hydroxylation is 1. The van der Waals surface area contributed by atoms with Crippen LogP contribution in [0.15, 0.2) is 55.1 Å². The molecular weight excluding hydrogens is 406 g/mol. The normalized spacial score (nSPS) is 12.6. The summed E-state index contributed by atoms with van der Waals surface area (Å²) in [6, 6.07) is 12.9. The highest BCUT2D eigenvalue weighted by atomic mass is 19.1. The van der Waals surface area contributed by atoms with Crippen LogP contribution in [0.5, 0.6) is 0 Å². The molecule has 0 aliphatic heterocycles. The van der Waals surface area contributed by atoms with Gasteiger partial charge in [-0.1, -0.05) is 38.6 Å². The molecule has 4 rings (SSSR count). The summed E-state index contributed by atoms with van der Waals surface area (Å²) in [7, 11) is 0. The molecular formula is C27H28F2N2O. The molecule has 1 N–H and O–H groups in total. The highest BCUT2D eigenvalue weighted by Gasteiger charge is 2.25. The number of amides is 1. The first-order valence-electron chi connectivity index (χ1n) is 10.9. The molecule has 5 heteroatoms. The van der Waals surface area contributed by atoms with E-state index in [0.717, 1.165) is 35.2 Å². The summed E-state index contributed by atoms with van der Waals surface area (Å²) in [5.41, 5.74) is 4.97. The Morgan fingerprint density at radius 2 is 1.66 bits per heavy atom.